The first-order valence-corrected chi connectivity index (χ1v) is 9.18. The van der Waals surface area contributed by atoms with Crippen molar-refractivity contribution in [3.63, 3.8) is 0 Å². The van der Waals surface area contributed by atoms with Gasteiger partial charge in [0.1, 0.15) is 5.41 Å². The van der Waals surface area contributed by atoms with E-state index in [-0.39, 0.29) is 19.1 Å². The Morgan fingerprint density at radius 1 is 1.07 bits per heavy atom. The van der Waals surface area contributed by atoms with Crippen molar-refractivity contribution in [2.24, 2.45) is 5.41 Å². The molecule has 1 aliphatic rings. The molecule has 142 valence electrons. The van der Waals surface area contributed by atoms with E-state index < -0.39 is 17.3 Å². The van der Waals surface area contributed by atoms with Crippen molar-refractivity contribution in [3.05, 3.63) is 71.8 Å². The zero-order valence-electron chi connectivity index (χ0n) is 15.5. The highest BCUT2D eigenvalue weighted by Crippen LogP contribution is 2.34. The smallest absolute Gasteiger partial charge is 0.313 e. The summed E-state index contributed by atoms with van der Waals surface area (Å²) in [7, 11) is 1.50. The van der Waals surface area contributed by atoms with Gasteiger partial charge in [-0.1, -0.05) is 60.7 Å². The highest BCUT2D eigenvalue weighted by Gasteiger charge is 2.45. The Hall–Kier alpha value is -2.66. The predicted octanol–water partition coefficient (Wildman–Crippen LogP) is 3.16. The first-order chi connectivity index (χ1) is 13.1. The fourth-order valence-corrected chi connectivity index (χ4v) is 3.90. The van der Waals surface area contributed by atoms with Gasteiger partial charge in [-0.3, -0.25) is 9.59 Å². The molecule has 1 aliphatic heterocycles. The second-order valence-corrected chi connectivity index (χ2v) is 7.14. The average Bonchev–Trinajstić information content (AvgIpc) is 2.70. The molecular formula is C22H25NO4. The number of piperidine rings is 1. The van der Waals surface area contributed by atoms with Crippen molar-refractivity contribution in [3.8, 4) is 0 Å². The summed E-state index contributed by atoms with van der Waals surface area (Å²) in [6.45, 7) is 0.840. The number of carboxylic acids is 1. The van der Waals surface area contributed by atoms with Gasteiger partial charge in [0.15, 0.2) is 0 Å². The van der Waals surface area contributed by atoms with Crippen molar-refractivity contribution < 1.29 is 19.4 Å². The maximum absolute atomic E-state index is 13.5. The van der Waals surface area contributed by atoms with Crippen LogP contribution in [0, 0.1) is 5.41 Å². The highest BCUT2D eigenvalue weighted by molar-refractivity contribution is 5.88. The van der Waals surface area contributed by atoms with Gasteiger partial charge in [0, 0.05) is 20.2 Å². The van der Waals surface area contributed by atoms with Crippen LogP contribution in [-0.2, 0) is 14.3 Å². The molecule has 0 spiro atoms. The van der Waals surface area contributed by atoms with Crippen molar-refractivity contribution >= 4 is 11.9 Å². The summed E-state index contributed by atoms with van der Waals surface area (Å²) in [5, 5.41) is 9.77. The zero-order valence-corrected chi connectivity index (χ0v) is 15.5. The number of likely N-dealkylation sites (tertiary alicyclic amines) is 1. The lowest BCUT2D eigenvalue weighted by Crippen LogP contribution is -2.53. The fraction of sp³-hybridized carbons (Fsp3) is 0.364. The molecule has 0 aliphatic carbocycles. The van der Waals surface area contributed by atoms with Crippen LogP contribution in [0.2, 0.25) is 0 Å². The van der Waals surface area contributed by atoms with Crippen LogP contribution < -0.4 is 0 Å². The number of carboxylic acid groups (broad SMARTS) is 1. The van der Waals surface area contributed by atoms with Gasteiger partial charge in [-0.25, -0.2) is 0 Å². The van der Waals surface area contributed by atoms with E-state index >= 15 is 0 Å². The van der Waals surface area contributed by atoms with Gasteiger partial charge < -0.3 is 14.7 Å². The van der Waals surface area contributed by atoms with Crippen molar-refractivity contribution in [2.75, 3.05) is 26.8 Å². The van der Waals surface area contributed by atoms with Crippen LogP contribution in [-0.4, -0.2) is 48.7 Å². The Labute approximate surface area is 159 Å². The predicted molar refractivity (Wildman–Crippen MR) is 102 cm³/mol. The van der Waals surface area contributed by atoms with Gasteiger partial charge in [0.05, 0.1) is 12.5 Å². The lowest BCUT2D eigenvalue weighted by atomic mass is 9.79. The Morgan fingerprint density at radius 3 is 2.11 bits per heavy atom. The summed E-state index contributed by atoms with van der Waals surface area (Å²) in [6, 6.07) is 19.3. The van der Waals surface area contributed by atoms with E-state index in [1.807, 2.05) is 60.7 Å². The number of nitrogens with zero attached hydrogens (tertiary/aromatic N) is 1. The number of amides is 1. The molecule has 1 N–H and O–H groups in total. The fourth-order valence-electron chi connectivity index (χ4n) is 3.90. The van der Waals surface area contributed by atoms with Crippen molar-refractivity contribution in [2.45, 2.75) is 18.8 Å². The number of hydrogen-bond donors (Lipinski definition) is 1. The molecule has 5 nitrogen and oxygen atoms in total. The van der Waals surface area contributed by atoms with Crippen LogP contribution in [0.5, 0.6) is 0 Å². The molecule has 1 atom stereocenters. The summed E-state index contributed by atoms with van der Waals surface area (Å²) in [5.74, 6) is -1.41. The highest BCUT2D eigenvalue weighted by atomic mass is 16.5. The minimum atomic E-state index is -1.04. The second kappa shape index (κ2) is 8.35. The van der Waals surface area contributed by atoms with E-state index in [2.05, 4.69) is 0 Å². The number of aliphatic carboxylic acids is 1. The van der Waals surface area contributed by atoms with Gasteiger partial charge in [-0.2, -0.15) is 0 Å². The minimum absolute atomic E-state index is 0.0613. The Morgan fingerprint density at radius 2 is 1.63 bits per heavy atom. The molecule has 1 saturated heterocycles. The number of hydrogen-bond acceptors (Lipinski definition) is 3. The zero-order chi connectivity index (χ0) is 19.3. The quantitative estimate of drug-likeness (QED) is 0.852. The lowest BCUT2D eigenvalue weighted by Gasteiger charge is -2.40. The Kier molecular flexibility index (Phi) is 5.91. The molecule has 27 heavy (non-hydrogen) atoms. The van der Waals surface area contributed by atoms with E-state index in [4.69, 9.17) is 4.74 Å². The number of carbonyl (C=O) groups excluding carboxylic acids is 1. The van der Waals surface area contributed by atoms with Gasteiger partial charge in [0.25, 0.3) is 0 Å². The number of rotatable bonds is 6. The summed E-state index contributed by atoms with van der Waals surface area (Å²) in [4.78, 5) is 27.1. The van der Waals surface area contributed by atoms with E-state index in [1.165, 1.54) is 7.11 Å². The third-order valence-corrected chi connectivity index (χ3v) is 5.28. The van der Waals surface area contributed by atoms with E-state index in [0.29, 0.717) is 19.4 Å². The van der Waals surface area contributed by atoms with Crippen LogP contribution in [0.25, 0.3) is 0 Å². The Balaban J connectivity index is 1.93. The van der Waals surface area contributed by atoms with Crippen LogP contribution in [0.15, 0.2) is 60.7 Å². The maximum Gasteiger partial charge on any atom is 0.313 e. The van der Waals surface area contributed by atoms with Crippen molar-refractivity contribution in [1.82, 2.24) is 4.90 Å². The maximum atomic E-state index is 13.5. The second-order valence-electron chi connectivity index (χ2n) is 7.14. The standard InChI is InChI=1S/C22H25NO4/c1-27-16-22(21(25)26)13-8-14-23(15-22)20(24)19(17-9-4-2-5-10-17)18-11-6-3-7-12-18/h2-7,9-12,19H,8,13-16H2,1H3,(H,25,26). The number of methoxy groups -OCH3 is 1. The van der Waals surface area contributed by atoms with Crippen LogP contribution in [0.1, 0.15) is 29.9 Å². The molecule has 3 rings (SSSR count). The molecule has 2 aromatic rings. The molecule has 1 fully saturated rings. The van der Waals surface area contributed by atoms with Crippen LogP contribution in [0.4, 0.5) is 0 Å². The monoisotopic (exact) mass is 367 g/mol. The van der Waals surface area contributed by atoms with Gasteiger partial charge >= 0.3 is 5.97 Å². The molecule has 0 saturated carbocycles. The largest absolute Gasteiger partial charge is 0.481 e. The van der Waals surface area contributed by atoms with Gasteiger partial charge in [-0.05, 0) is 24.0 Å². The molecular weight excluding hydrogens is 342 g/mol. The summed E-state index contributed by atoms with van der Waals surface area (Å²) >= 11 is 0. The minimum Gasteiger partial charge on any atom is -0.481 e. The summed E-state index contributed by atoms with van der Waals surface area (Å²) in [5.41, 5.74) is 0.777. The van der Waals surface area contributed by atoms with Gasteiger partial charge in [0.2, 0.25) is 5.91 Å². The van der Waals surface area contributed by atoms with Crippen LogP contribution in [0.3, 0.4) is 0 Å². The topological polar surface area (TPSA) is 66.8 Å². The number of benzene rings is 2. The third-order valence-electron chi connectivity index (χ3n) is 5.28. The normalized spacial score (nSPS) is 19.9. The average molecular weight is 367 g/mol. The SMILES string of the molecule is COCC1(C(=O)O)CCCN(C(=O)C(c2ccccc2)c2ccccc2)C1. The third kappa shape index (κ3) is 4.03. The van der Waals surface area contributed by atoms with Crippen molar-refractivity contribution in [1.29, 1.82) is 0 Å². The molecule has 1 amide bonds. The molecule has 1 unspecified atom stereocenters. The summed E-state index contributed by atoms with van der Waals surface area (Å²) < 4.78 is 5.19. The van der Waals surface area contributed by atoms with Gasteiger partial charge in [-0.15, -0.1) is 0 Å². The number of ether oxygens (including phenoxy) is 1. The summed E-state index contributed by atoms with van der Waals surface area (Å²) in [6.07, 6.45) is 1.17. The van der Waals surface area contributed by atoms with E-state index in [9.17, 15) is 14.7 Å². The molecule has 5 heteroatoms. The molecule has 0 aromatic heterocycles. The number of carbonyl (C=O) groups is 2. The van der Waals surface area contributed by atoms with Crippen LogP contribution >= 0.6 is 0 Å². The molecule has 2 aromatic carbocycles. The van der Waals surface area contributed by atoms with E-state index in [0.717, 1.165) is 11.1 Å². The molecule has 0 bridgehead atoms. The first-order valence-electron chi connectivity index (χ1n) is 9.18. The first kappa shape index (κ1) is 19.1. The lowest BCUT2D eigenvalue weighted by molar-refractivity contribution is -0.159. The Bertz CT molecular complexity index is 734. The molecule has 1 heterocycles. The van der Waals surface area contributed by atoms with E-state index in [1.54, 1.807) is 4.90 Å². The molecule has 0 radical (unpaired) electrons.